The van der Waals surface area contributed by atoms with Crippen molar-refractivity contribution in [2.24, 2.45) is 0 Å². The summed E-state index contributed by atoms with van der Waals surface area (Å²) in [4.78, 5) is 9.32. The van der Waals surface area contributed by atoms with E-state index in [1.54, 1.807) is 0 Å². The molecule has 3 aromatic rings. The zero-order chi connectivity index (χ0) is 15.0. The first kappa shape index (κ1) is 14.1. The lowest BCUT2D eigenvalue weighted by molar-refractivity contribution is 0.427. The molecule has 0 aliphatic heterocycles. The number of halogens is 1. The second-order valence-corrected chi connectivity index (χ2v) is 5.63. The van der Waals surface area contributed by atoms with Gasteiger partial charge < -0.3 is 8.98 Å². The van der Waals surface area contributed by atoms with E-state index in [2.05, 4.69) is 21.5 Å². The molecule has 0 saturated carbocycles. The Labute approximate surface area is 128 Å². The molecule has 0 fully saturated rings. The minimum atomic E-state index is 0.0382. The monoisotopic (exact) mass is 303 g/mol. The minimum Gasteiger partial charge on any atom is -0.464 e. The molecule has 0 aliphatic rings. The predicted octanol–water partition coefficient (Wildman–Crippen LogP) is 4.03. The standard InChI is InChI=1S/C16H18ClN3O/c1-10-4-6-13-16(18-10)20(15(19-13)8-9-17)12(3)14-7-5-11(2)21-14/h4-7,12H,8-9H2,1-3H3. The fraction of sp³-hybridized carbons (Fsp3) is 0.375. The van der Waals surface area contributed by atoms with Crippen LogP contribution >= 0.6 is 11.6 Å². The van der Waals surface area contributed by atoms with Gasteiger partial charge in [-0.05, 0) is 45.0 Å². The molecule has 0 aliphatic carbocycles. The molecule has 3 rings (SSSR count). The van der Waals surface area contributed by atoms with Crippen LogP contribution in [0.1, 0.15) is 36.0 Å². The Morgan fingerprint density at radius 2 is 2.00 bits per heavy atom. The van der Waals surface area contributed by atoms with Gasteiger partial charge in [-0.25, -0.2) is 9.97 Å². The van der Waals surface area contributed by atoms with Crippen molar-refractivity contribution in [2.45, 2.75) is 33.2 Å². The van der Waals surface area contributed by atoms with Crippen molar-refractivity contribution in [1.29, 1.82) is 0 Å². The highest BCUT2D eigenvalue weighted by atomic mass is 35.5. The summed E-state index contributed by atoms with van der Waals surface area (Å²) in [6.07, 6.45) is 0.709. The molecule has 4 nitrogen and oxygen atoms in total. The molecule has 1 atom stereocenters. The van der Waals surface area contributed by atoms with Crippen molar-refractivity contribution >= 4 is 22.8 Å². The Morgan fingerprint density at radius 3 is 2.67 bits per heavy atom. The number of hydrogen-bond donors (Lipinski definition) is 0. The van der Waals surface area contributed by atoms with Crippen LogP contribution in [0.5, 0.6) is 0 Å². The van der Waals surface area contributed by atoms with Gasteiger partial charge in [0.2, 0.25) is 0 Å². The van der Waals surface area contributed by atoms with Gasteiger partial charge in [0, 0.05) is 18.0 Å². The minimum absolute atomic E-state index is 0.0382. The molecule has 0 saturated heterocycles. The van der Waals surface area contributed by atoms with E-state index < -0.39 is 0 Å². The van der Waals surface area contributed by atoms with E-state index in [1.165, 1.54) is 0 Å². The van der Waals surface area contributed by atoms with Crippen LogP contribution in [0.3, 0.4) is 0 Å². The number of alkyl halides is 1. The van der Waals surface area contributed by atoms with Gasteiger partial charge in [-0.1, -0.05) is 0 Å². The van der Waals surface area contributed by atoms with Crippen LogP contribution in [-0.4, -0.2) is 20.4 Å². The molecular weight excluding hydrogens is 286 g/mol. The van der Waals surface area contributed by atoms with Crippen molar-refractivity contribution in [3.8, 4) is 0 Å². The fourth-order valence-corrected chi connectivity index (χ4v) is 2.76. The van der Waals surface area contributed by atoms with E-state index in [4.69, 9.17) is 16.0 Å². The normalized spacial score (nSPS) is 13.0. The van der Waals surface area contributed by atoms with E-state index in [9.17, 15) is 0 Å². The molecular formula is C16H18ClN3O. The number of furan rings is 1. The van der Waals surface area contributed by atoms with Crippen LogP contribution in [-0.2, 0) is 6.42 Å². The summed E-state index contributed by atoms with van der Waals surface area (Å²) in [6.45, 7) is 6.03. The molecule has 0 aromatic carbocycles. The van der Waals surface area contributed by atoms with Gasteiger partial charge in [0.15, 0.2) is 5.65 Å². The molecule has 3 aromatic heterocycles. The quantitative estimate of drug-likeness (QED) is 0.683. The summed E-state index contributed by atoms with van der Waals surface area (Å²) in [7, 11) is 0. The summed E-state index contributed by atoms with van der Waals surface area (Å²) in [5, 5.41) is 0. The molecule has 0 radical (unpaired) electrons. The van der Waals surface area contributed by atoms with Crippen molar-refractivity contribution in [1.82, 2.24) is 14.5 Å². The van der Waals surface area contributed by atoms with E-state index in [0.29, 0.717) is 12.3 Å². The number of aromatic nitrogens is 3. The predicted molar refractivity (Wildman–Crippen MR) is 83.9 cm³/mol. The highest BCUT2D eigenvalue weighted by molar-refractivity contribution is 6.17. The summed E-state index contributed by atoms with van der Waals surface area (Å²) >= 11 is 5.92. The Kier molecular flexibility index (Phi) is 3.72. The third kappa shape index (κ3) is 2.56. The number of fused-ring (bicyclic) bond motifs is 1. The second-order valence-electron chi connectivity index (χ2n) is 5.26. The summed E-state index contributed by atoms with van der Waals surface area (Å²) < 4.78 is 7.90. The average molecular weight is 304 g/mol. The van der Waals surface area contributed by atoms with Gasteiger partial charge in [-0.2, -0.15) is 0 Å². The first-order valence-electron chi connectivity index (χ1n) is 7.07. The average Bonchev–Trinajstić information content (AvgIpc) is 3.02. The van der Waals surface area contributed by atoms with Gasteiger partial charge in [0.1, 0.15) is 22.9 Å². The largest absolute Gasteiger partial charge is 0.464 e. The van der Waals surface area contributed by atoms with Crippen LogP contribution < -0.4 is 0 Å². The van der Waals surface area contributed by atoms with Crippen molar-refractivity contribution in [3.05, 3.63) is 47.3 Å². The number of aryl methyl sites for hydroxylation is 3. The third-order valence-electron chi connectivity index (χ3n) is 3.63. The summed E-state index contributed by atoms with van der Waals surface area (Å²) in [5.41, 5.74) is 2.76. The van der Waals surface area contributed by atoms with Crippen LogP contribution in [0.2, 0.25) is 0 Å². The van der Waals surface area contributed by atoms with Gasteiger partial charge in [-0.15, -0.1) is 11.6 Å². The number of rotatable bonds is 4. The van der Waals surface area contributed by atoms with E-state index in [0.717, 1.165) is 34.2 Å². The van der Waals surface area contributed by atoms with Crippen molar-refractivity contribution in [3.63, 3.8) is 0 Å². The molecule has 0 spiro atoms. The SMILES string of the molecule is Cc1ccc2nc(CCCl)n(C(C)c3ccc(C)o3)c2n1. The Morgan fingerprint density at radius 1 is 1.19 bits per heavy atom. The van der Waals surface area contributed by atoms with Crippen LogP contribution in [0.25, 0.3) is 11.2 Å². The van der Waals surface area contributed by atoms with Crippen molar-refractivity contribution < 1.29 is 4.42 Å². The summed E-state index contributed by atoms with van der Waals surface area (Å²) in [6, 6.07) is 8.01. The molecule has 0 bridgehead atoms. The highest BCUT2D eigenvalue weighted by Gasteiger charge is 2.20. The molecule has 0 N–H and O–H groups in total. The highest BCUT2D eigenvalue weighted by Crippen LogP contribution is 2.26. The lowest BCUT2D eigenvalue weighted by Crippen LogP contribution is -2.11. The number of pyridine rings is 1. The first-order valence-corrected chi connectivity index (χ1v) is 7.60. The van der Waals surface area contributed by atoms with Gasteiger partial charge in [0.05, 0.1) is 6.04 Å². The lowest BCUT2D eigenvalue weighted by Gasteiger charge is -2.15. The molecule has 1 unspecified atom stereocenters. The molecule has 21 heavy (non-hydrogen) atoms. The Bertz CT molecular complexity index is 775. The van der Waals surface area contributed by atoms with E-state index in [1.807, 2.05) is 38.1 Å². The maximum atomic E-state index is 5.92. The molecule has 5 heteroatoms. The van der Waals surface area contributed by atoms with Crippen LogP contribution in [0.15, 0.2) is 28.7 Å². The van der Waals surface area contributed by atoms with Gasteiger partial charge >= 0.3 is 0 Å². The second kappa shape index (κ2) is 5.53. The topological polar surface area (TPSA) is 43.9 Å². The molecule has 3 heterocycles. The van der Waals surface area contributed by atoms with Crippen molar-refractivity contribution in [2.75, 3.05) is 5.88 Å². The molecule has 110 valence electrons. The summed E-state index contributed by atoms with van der Waals surface area (Å²) in [5.74, 6) is 3.29. The molecule has 0 amide bonds. The Hall–Kier alpha value is -1.81. The third-order valence-corrected chi connectivity index (χ3v) is 3.82. The number of imidazole rings is 1. The number of hydrogen-bond acceptors (Lipinski definition) is 3. The number of nitrogens with zero attached hydrogens (tertiary/aromatic N) is 3. The Balaban J connectivity index is 2.18. The fourth-order valence-electron chi connectivity index (χ4n) is 2.59. The zero-order valence-corrected chi connectivity index (χ0v) is 13.2. The van der Waals surface area contributed by atoms with Gasteiger partial charge in [-0.3, -0.25) is 0 Å². The van der Waals surface area contributed by atoms with Crippen LogP contribution in [0.4, 0.5) is 0 Å². The maximum Gasteiger partial charge on any atom is 0.160 e. The van der Waals surface area contributed by atoms with E-state index in [-0.39, 0.29) is 6.04 Å². The van der Waals surface area contributed by atoms with E-state index >= 15 is 0 Å². The zero-order valence-electron chi connectivity index (χ0n) is 12.4. The smallest absolute Gasteiger partial charge is 0.160 e. The van der Waals surface area contributed by atoms with Gasteiger partial charge in [0.25, 0.3) is 0 Å². The lowest BCUT2D eigenvalue weighted by atomic mass is 10.2. The van der Waals surface area contributed by atoms with Crippen LogP contribution in [0, 0.1) is 13.8 Å². The maximum absolute atomic E-state index is 5.92. The first-order chi connectivity index (χ1) is 10.1.